The highest BCUT2D eigenvalue weighted by molar-refractivity contribution is 6.32. The highest BCUT2D eigenvalue weighted by Crippen LogP contribution is 2.42. The number of H-pyrrole nitrogens is 1. The number of hydrogen-bond acceptors (Lipinski definition) is 4. The fourth-order valence-electron chi connectivity index (χ4n) is 3.14. The maximum absolute atomic E-state index is 13.3. The van der Waals surface area contributed by atoms with Crippen molar-refractivity contribution in [1.29, 1.82) is 5.26 Å². The van der Waals surface area contributed by atoms with Gasteiger partial charge in [-0.1, -0.05) is 35.3 Å². The first-order chi connectivity index (χ1) is 14.4. The average molecular weight is 469 g/mol. The molecule has 2 aromatic carbocycles. The Hall–Kier alpha value is -3.09. The van der Waals surface area contributed by atoms with Crippen molar-refractivity contribution >= 4 is 23.2 Å². The van der Waals surface area contributed by atoms with Crippen LogP contribution in [0.5, 0.6) is 0 Å². The van der Waals surface area contributed by atoms with Crippen LogP contribution >= 0.6 is 23.2 Å². The van der Waals surface area contributed by atoms with Crippen molar-refractivity contribution in [3.8, 4) is 11.8 Å². The van der Waals surface area contributed by atoms with E-state index in [-0.39, 0.29) is 21.8 Å². The lowest BCUT2D eigenvalue weighted by Crippen LogP contribution is -2.31. The minimum Gasteiger partial charge on any atom is -0.271 e. The number of nitrogens with zero attached hydrogens (tertiary/aromatic N) is 3. The summed E-state index contributed by atoms with van der Waals surface area (Å²) in [5, 5.41) is 13.2. The molecular formula is C20H13Cl2F3N4O2. The molecule has 1 heterocycles. The van der Waals surface area contributed by atoms with E-state index in [4.69, 9.17) is 23.2 Å². The van der Waals surface area contributed by atoms with Gasteiger partial charge in [-0.25, -0.2) is 4.79 Å². The predicted molar refractivity (Wildman–Crippen MR) is 109 cm³/mol. The molecule has 0 radical (unpaired) electrons. The van der Waals surface area contributed by atoms with Crippen LogP contribution in [0.1, 0.15) is 29.2 Å². The zero-order chi connectivity index (χ0) is 23.1. The van der Waals surface area contributed by atoms with Crippen molar-refractivity contribution in [3.05, 3.63) is 89.7 Å². The molecular weight excluding hydrogens is 456 g/mol. The van der Waals surface area contributed by atoms with Crippen LogP contribution in [-0.2, 0) is 11.6 Å². The van der Waals surface area contributed by atoms with E-state index < -0.39 is 33.4 Å². The summed E-state index contributed by atoms with van der Waals surface area (Å²) in [7, 11) is 0. The maximum Gasteiger partial charge on any atom is 0.417 e. The van der Waals surface area contributed by atoms with Crippen LogP contribution in [-0.4, -0.2) is 14.8 Å². The molecule has 0 saturated carbocycles. The molecule has 31 heavy (non-hydrogen) atoms. The van der Waals surface area contributed by atoms with Gasteiger partial charge < -0.3 is 0 Å². The molecule has 11 heteroatoms. The largest absolute Gasteiger partial charge is 0.417 e. The van der Waals surface area contributed by atoms with Gasteiger partial charge in [-0.15, -0.1) is 0 Å². The number of aryl methyl sites for hydroxylation is 1. The molecule has 0 aliphatic rings. The second kappa shape index (κ2) is 7.87. The number of rotatable bonds is 3. The van der Waals surface area contributed by atoms with Crippen LogP contribution in [0, 0.1) is 18.3 Å². The Morgan fingerprint density at radius 3 is 2.35 bits per heavy atom. The molecule has 1 unspecified atom stereocenters. The minimum absolute atomic E-state index is 0.0214. The Morgan fingerprint density at radius 2 is 1.77 bits per heavy atom. The Kier molecular flexibility index (Phi) is 5.74. The summed E-state index contributed by atoms with van der Waals surface area (Å²) < 4.78 is 40.9. The number of aromatic amines is 1. The lowest BCUT2D eigenvalue weighted by molar-refractivity contribution is -0.137. The summed E-state index contributed by atoms with van der Waals surface area (Å²) in [6.07, 6.45) is -3.79. The van der Waals surface area contributed by atoms with E-state index in [1.165, 1.54) is 25.1 Å². The summed E-state index contributed by atoms with van der Waals surface area (Å²) in [5.74, 6) is 0. The van der Waals surface area contributed by atoms with Crippen LogP contribution in [0.3, 0.4) is 0 Å². The van der Waals surface area contributed by atoms with Crippen LogP contribution in [0.25, 0.3) is 5.69 Å². The van der Waals surface area contributed by atoms with Gasteiger partial charge in [0.15, 0.2) is 0 Å². The van der Waals surface area contributed by atoms with Crippen molar-refractivity contribution in [2.45, 2.75) is 25.4 Å². The molecule has 0 saturated heterocycles. The first kappa shape index (κ1) is 22.6. The second-order valence-electron chi connectivity index (χ2n) is 6.90. The zero-order valence-corrected chi connectivity index (χ0v) is 17.5. The average Bonchev–Trinajstić information content (AvgIpc) is 2.68. The van der Waals surface area contributed by atoms with E-state index >= 15 is 0 Å². The van der Waals surface area contributed by atoms with Gasteiger partial charge in [-0.2, -0.15) is 28.2 Å². The number of alkyl halides is 3. The topological polar surface area (TPSA) is 91.5 Å². The maximum atomic E-state index is 13.3. The third-order valence-corrected chi connectivity index (χ3v) is 5.48. The van der Waals surface area contributed by atoms with Gasteiger partial charge in [-0.05, 0) is 48.7 Å². The van der Waals surface area contributed by atoms with Gasteiger partial charge in [0.1, 0.15) is 11.6 Å². The quantitative estimate of drug-likeness (QED) is 0.616. The smallest absolute Gasteiger partial charge is 0.271 e. The van der Waals surface area contributed by atoms with Crippen LogP contribution in [0.15, 0.2) is 46.1 Å². The summed E-state index contributed by atoms with van der Waals surface area (Å²) >= 11 is 12.1. The lowest BCUT2D eigenvalue weighted by Gasteiger charge is -2.26. The number of benzene rings is 2. The molecule has 0 spiro atoms. The molecule has 1 atom stereocenters. The van der Waals surface area contributed by atoms with Crippen molar-refractivity contribution in [3.63, 3.8) is 0 Å². The third kappa shape index (κ3) is 4.09. The number of halogens is 5. The minimum atomic E-state index is -4.70. The molecule has 0 aliphatic heterocycles. The van der Waals surface area contributed by atoms with Crippen molar-refractivity contribution < 1.29 is 13.2 Å². The molecule has 0 bridgehead atoms. The van der Waals surface area contributed by atoms with Gasteiger partial charge >= 0.3 is 11.9 Å². The highest BCUT2D eigenvalue weighted by Gasteiger charge is 2.37. The van der Waals surface area contributed by atoms with E-state index in [1.54, 1.807) is 6.92 Å². The van der Waals surface area contributed by atoms with E-state index in [9.17, 15) is 28.0 Å². The molecule has 1 aromatic heterocycles. The van der Waals surface area contributed by atoms with Gasteiger partial charge in [0.25, 0.3) is 5.56 Å². The van der Waals surface area contributed by atoms with Crippen LogP contribution in [0.2, 0.25) is 10.0 Å². The standard InChI is InChI=1S/C20H13Cl2F3N4O2/c1-10-5-12(15(22)7-16(10)29-18(31)28-17(30)8-27-29)19(2,9-26)11-3-4-14(21)13(6-11)20(23,24)25/h3-8H,1-2H3,(H,28,30,31). The van der Waals surface area contributed by atoms with E-state index in [1.807, 2.05) is 6.07 Å². The molecule has 0 amide bonds. The number of aromatic nitrogens is 3. The van der Waals surface area contributed by atoms with E-state index in [2.05, 4.69) is 10.1 Å². The molecule has 1 N–H and O–H groups in total. The summed E-state index contributed by atoms with van der Waals surface area (Å²) in [4.78, 5) is 25.4. The molecule has 160 valence electrons. The van der Waals surface area contributed by atoms with Gasteiger partial charge in [0.05, 0.1) is 22.3 Å². The molecule has 0 fully saturated rings. The Morgan fingerprint density at radius 1 is 1.10 bits per heavy atom. The van der Waals surface area contributed by atoms with Crippen molar-refractivity contribution in [2.24, 2.45) is 0 Å². The first-order valence-corrected chi connectivity index (χ1v) is 9.42. The van der Waals surface area contributed by atoms with Crippen LogP contribution < -0.4 is 11.2 Å². The monoisotopic (exact) mass is 468 g/mol. The Labute approximate surface area is 183 Å². The summed E-state index contributed by atoms with van der Waals surface area (Å²) in [6, 6.07) is 8.10. The number of nitrogens with one attached hydrogen (secondary N) is 1. The number of hydrogen-bond donors (Lipinski definition) is 1. The van der Waals surface area contributed by atoms with E-state index in [0.29, 0.717) is 5.56 Å². The summed E-state index contributed by atoms with van der Waals surface area (Å²) in [5.41, 5.74) is -3.15. The van der Waals surface area contributed by atoms with Crippen molar-refractivity contribution in [1.82, 2.24) is 14.8 Å². The number of nitriles is 1. The predicted octanol–water partition coefficient (Wildman–Crippen LogP) is 4.38. The molecule has 3 aromatic rings. The Balaban J connectivity index is 2.22. The Bertz CT molecular complexity index is 1340. The second-order valence-corrected chi connectivity index (χ2v) is 7.71. The first-order valence-electron chi connectivity index (χ1n) is 8.66. The third-order valence-electron chi connectivity index (χ3n) is 4.84. The normalized spacial score (nSPS) is 13.5. The van der Waals surface area contributed by atoms with Gasteiger partial charge in [0, 0.05) is 5.02 Å². The van der Waals surface area contributed by atoms with Crippen LogP contribution in [0.4, 0.5) is 13.2 Å². The fourth-order valence-corrected chi connectivity index (χ4v) is 3.71. The van der Waals surface area contributed by atoms with E-state index in [0.717, 1.165) is 23.0 Å². The zero-order valence-electron chi connectivity index (χ0n) is 16.0. The summed E-state index contributed by atoms with van der Waals surface area (Å²) in [6.45, 7) is 3.04. The van der Waals surface area contributed by atoms with Gasteiger partial charge in [-0.3, -0.25) is 9.78 Å². The lowest BCUT2D eigenvalue weighted by atomic mass is 9.76. The van der Waals surface area contributed by atoms with Gasteiger partial charge in [0.2, 0.25) is 0 Å². The molecule has 3 rings (SSSR count). The fraction of sp³-hybridized carbons (Fsp3) is 0.200. The SMILES string of the molecule is Cc1cc(C(C)(C#N)c2ccc(Cl)c(C(F)(F)F)c2)c(Cl)cc1-n1ncc(=O)[nH]c1=O. The highest BCUT2D eigenvalue weighted by atomic mass is 35.5. The van der Waals surface area contributed by atoms with Crippen molar-refractivity contribution in [2.75, 3.05) is 0 Å². The molecule has 0 aliphatic carbocycles. The molecule has 6 nitrogen and oxygen atoms in total.